The fourth-order valence-electron chi connectivity index (χ4n) is 8.22. The lowest BCUT2D eigenvalue weighted by Gasteiger charge is -2.18. The Bertz CT molecular complexity index is 1290. The second-order valence-corrected chi connectivity index (χ2v) is 19.6. The molecular formula is C63H110O6. The van der Waals surface area contributed by atoms with Crippen molar-refractivity contribution >= 4 is 17.9 Å². The SMILES string of the molecule is CCCCC/C=C\C/C=C\C/C=C\C/C=C\CCCCCC(=O)O[C@H](COC(=O)CCCCCCC/C=C\C/C=C\CCCCC)COC(=O)CCCCCCCCCCCCCCCCCCC. The van der Waals surface area contributed by atoms with Gasteiger partial charge >= 0.3 is 17.9 Å². The van der Waals surface area contributed by atoms with Crippen molar-refractivity contribution in [2.24, 2.45) is 0 Å². The van der Waals surface area contributed by atoms with Crippen LogP contribution in [-0.2, 0) is 28.6 Å². The molecule has 0 unspecified atom stereocenters. The molecule has 0 aromatic heterocycles. The van der Waals surface area contributed by atoms with E-state index in [9.17, 15) is 14.4 Å². The summed E-state index contributed by atoms with van der Waals surface area (Å²) in [4.78, 5) is 38.2. The summed E-state index contributed by atoms with van der Waals surface area (Å²) in [6.45, 7) is 6.57. The summed E-state index contributed by atoms with van der Waals surface area (Å²) in [6, 6.07) is 0. The third-order valence-corrected chi connectivity index (χ3v) is 12.7. The molecule has 6 heteroatoms. The molecule has 0 amide bonds. The summed E-state index contributed by atoms with van der Waals surface area (Å²) in [7, 11) is 0. The van der Waals surface area contributed by atoms with Gasteiger partial charge in [-0.1, -0.05) is 248 Å². The van der Waals surface area contributed by atoms with Crippen LogP contribution in [0.15, 0.2) is 72.9 Å². The number of allylic oxidation sites excluding steroid dienone is 12. The molecule has 6 nitrogen and oxygen atoms in total. The molecule has 0 fully saturated rings. The molecule has 0 bridgehead atoms. The Balaban J connectivity index is 4.45. The van der Waals surface area contributed by atoms with Crippen LogP contribution in [0.5, 0.6) is 0 Å². The maximum absolute atomic E-state index is 12.9. The van der Waals surface area contributed by atoms with Gasteiger partial charge in [0.25, 0.3) is 0 Å². The smallest absolute Gasteiger partial charge is 0.306 e. The van der Waals surface area contributed by atoms with Gasteiger partial charge in [0, 0.05) is 19.3 Å². The van der Waals surface area contributed by atoms with Gasteiger partial charge in [-0.25, -0.2) is 0 Å². The van der Waals surface area contributed by atoms with E-state index in [2.05, 4.69) is 93.7 Å². The van der Waals surface area contributed by atoms with Gasteiger partial charge < -0.3 is 14.2 Å². The van der Waals surface area contributed by atoms with Crippen molar-refractivity contribution in [2.75, 3.05) is 13.2 Å². The average molecular weight is 964 g/mol. The van der Waals surface area contributed by atoms with Crippen molar-refractivity contribution in [3.05, 3.63) is 72.9 Å². The molecule has 0 saturated heterocycles. The van der Waals surface area contributed by atoms with E-state index in [-0.39, 0.29) is 37.5 Å². The topological polar surface area (TPSA) is 78.9 Å². The van der Waals surface area contributed by atoms with E-state index < -0.39 is 6.10 Å². The van der Waals surface area contributed by atoms with Crippen LogP contribution >= 0.6 is 0 Å². The third-order valence-electron chi connectivity index (χ3n) is 12.7. The summed E-state index contributed by atoms with van der Waals surface area (Å²) in [5.41, 5.74) is 0. The van der Waals surface area contributed by atoms with Crippen LogP contribution in [0, 0.1) is 0 Å². The van der Waals surface area contributed by atoms with E-state index in [1.54, 1.807) is 0 Å². The molecule has 0 N–H and O–H groups in total. The van der Waals surface area contributed by atoms with E-state index in [0.717, 1.165) is 109 Å². The first kappa shape index (κ1) is 65.8. The normalized spacial score (nSPS) is 12.6. The van der Waals surface area contributed by atoms with Crippen LogP contribution in [0.2, 0.25) is 0 Å². The van der Waals surface area contributed by atoms with Gasteiger partial charge in [0.1, 0.15) is 13.2 Å². The van der Waals surface area contributed by atoms with Gasteiger partial charge in [-0.3, -0.25) is 14.4 Å². The zero-order valence-electron chi connectivity index (χ0n) is 45.6. The number of rotatable bonds is 53. The van der Waals surface area contributed by atoms with Crippen LogP contribution in [-0.4, -0.2) is 37.2 Å². The highest BCUT2D eigenvalue weighted by Gasteiger charge is 2.19. The predicted molar refractivity (Wildman–Crippen MR) is 298 cm³/mol. The predicted octanol–water partition coefficient (Wildman–Crippen LogP) is 19.8. The first-order valence-electron chi connectivity index (χ1n) is 29.4. The monoisotopic (exact) mass is 963 g/mol. The molecule has 0 spiro atoms. The molecule has 0 aliphatic carbocycles. The number of hydrogen-bond donors (Lipinski definition) is 0. The van der Waals surface area contributed by atoms with Gasteiger partial charge in [-0.15, -0.1) is 0 Å². The molecule has 0 aromatic rings. The number of esters is 3. The number of ether oxygens (including phenoxy) is 3. The standard InChI is InChI=1S/C63H110O6/c1-4-7-10-13-16-19-22-25-28-30-31-33-36-39-42-45-48-51-54-57-63(66)69-60(58-67-61(64)55-52-49-46-43-40-37-34-27-24-21-18-15-12-9-6-3)59-68-62(65)56-53-50-47-44-41-38-35-32-29-26-23-20-17-14-11-8-5-2/h16,18-19,21,25,27-28,31,33-34,39,42,60H,4-15,17,20,22-24,26,29-30,32,35-38,40-41,43-59H2,1-3H3/b19-16-,21-18-,28-25-,33-31-,34-27-,42-39-/t60-/m1/s1. The minimum absolute atomic E-state index is 0.0907. The summed E-state index contributed by atoms with van der Waals surface area (Å²) >= 11 is 0. The largest absolute Gasteiger partial charge is 0.462 e. The Kier molecular flexibility index (Phi) is 54.8. The van der Waals surface area contributed by atoms with Gasteiger partial charge in [0.2, 0.25) is 0 Å². The van der Waals surface area contributed by atoms with Crippen molar-refractivity contribution in [3.63, 3.8) is 0 Å². The Morgan fingerprint density at radius 3 is 0.855 bits per heavy atom. The summed E-state index contributed by atoms with van der Waals surface area (Å²) in [5, 5.41) is 0. The lowest BCUT2D eigenvalue weighted by Crippen LogP contribution is -2.30. The van der Waals surface area contributed by atoms with Crippen LogP contribution in [0.4, 0.5) is 0 Å². The Hall–Kier alpha value is -3.15. The number of carbonyl (C=O) groups excluding carboxylic acids is 3. The molecule has 0 radical (unpaired) electrons. The number of carbonyl (C=O) groups is 3. The van der Waals surface area contributed by atoms with E-state index >= 15 is 0 Å². The highest BCUT2D eigenvalue weighted by molar-refractivity contribution is 5.71. The van der Waals surface area contributed by atoms with Crippen molar-refractivity contribution in [1.29, 1.82) is 0 Å². The maximum Gasteiger partial charge on any atom is 0.306 e. The minimum Gasteiger partial charge on any atom is -0.462 e. The summed E-state index contributed by atoms with van der Waals surface area (Å²) in [6.07, 6.45) is 73.2. The molecule has 0 rings (SSSR count). The highest BCUT2D eigenvalue weighted by Crippen LogP contribution is 2.16. The average Bonchev–Trinajstić information content (AvgIpc) is 3.35. The van der Waals surface area contributed by atoms with E-state index in [1.165, 1.54) is 141 Å². The summed E-state index contributed by atoms with van der Waals surface area (Å²) in [5.74, 6) is -0.926. The molecule has 0 heterocycles. The second kappa shape index (κ2) is 57.4. The first-order chi connectivity index (χ1) is 34.0. The zero-order chi connectivity index (χ0) is 50.0. The number of hydrogen-bond acceptors (Lipinski definition) is 6. The lowest BCUT2D eigenvalue weighted by molar-refractivity contribution is -0.167. The quantitative estimate of drug-likeness (QED) is 0.0262. The molecule has 1 atom stereocenters. The minimum atomic E-state index is -0.797. The van der Waals surface area contributed by atoms with Crippen molar-refractivity contribution in [2.45, 2.75) is 297 Å². The molecule has 0 aliphatic rings. The Morgan fingerprint density at radius 2 is 0.522 bits per heavy atom. The molecule has 398 valence electrons. The molecule has 69 heavy (non-hydrogen) atoms. The van der Waals surface area contributed by atoms with Crippen LogP contribution in [0.3, 0.4) is 0 Å². The summed E-state index contributed by atoms with van der Waals surface area (Å²) < 4.78 is 16.9. The Labute approximate surface area is 427 Å². The van der Waals surface area contributed by atoms with Gasteiger partial charge in [-0.05, 0) is 96.3 Å². The van der Waals surface area contributed by atoms with E-state index in [0.29, 0.717) is 12.8 Å². The van der Waals surface area contributed by atoms with E-state index in [1.807, 2.05) is 0 Å². The van der Waals surface area contributed by atoms with Gasteiger partial charge in [0.05, 0.1) is 0 Å². The van der Waals surface area contributed by atoms with Gasteiger partial charge in [-0.2, -0.15) is 0 Å². The van der Waals surface area contributed by atoms with Crippen molar-refractivity contribution < 1.29 is 28.6 Å². The molecule has 0 aromatic carbocycles. The van der Waals surface area contributed by atoms with Crippen molar-refractivity contribution in [3.8, 4) is 0 Å². The zero-order valence-corrected chi connectivity index (χ0v) is 45.6. The highest BCUT2D eigenvalue weighted by atomic mass is 16.6. The second-order valence-electron chi connectivity index (χ2n) is 19.6. The Morgan fingerprint density at radius 1 is 0.290 bits per heavy atom. The fourth-order valence-corrected chi connectivity index (χ4v) is 8.22. The molecule has 0 saturated carbocycles. The van der Waals surface area contributed by atoms with E-state index in [4.69, 9.17) is 14.2 Å². The third kappa shape index (κ3) is 55.6. The first-order valence-corrected chi connectivity index (χ1v) is 29.4. The fraction of sp³-hybridized carbons (Fsp3) is 0.762. The van der Waals surface area contributed by atoms with Crippen LogP contribution in [0.25, 0.3) is 0 Å². The lowest BCUT2D eigenvalue weighted by atomic mass is 10.0. The van der Waals surface area contributed by atoms with Crippen molar-refractivity contribution in [1.82, 2.24) is 0 Å². The van der Waals surface area contributed by atoms with Crippen LogP contribution < -0.4 is 0 Å². The maximum atomic E-state index is 12.9. The van der Waals surface area contributed by atoms with Gasteiger partial charge in [0.15, 0.2) is 6.10 Å². The molecular weight excluding hydrogens is 853 g/mol. The molecule has 0 aliphatic heterocycles. The van der Waals surface area contributed by atoms with Crippen LogP contribution in [0.1, 0.15) is 290 Å². The number of unbranched alkanes of at least 4 members (excludes halogenated alkanes) is 30.